The second kappa shape index (κ2) is 6.04. The molecule has 0 saturated carbocycles. The number of carboxylic acids is 1. The van der Waals surface area contributed by atoms with Crippen molar-refractivity contribution in [3.63, 3.8) is 0 Å². The molecular formula is C12H13N3O4S2. The second-order valence-electron chi connectivity index (χ2n) is 4.40. The number of morpholine rings is 1. The molecule has 0 aliphatic carbocycles. The Kier molecular flexibility index (Phi) is 4.13. The van der Waals surface area contributed by atoms with Crippen molar-refractivity contribution in [2.24, 2.45) is 0 Å². The van der Waals surface area contributed by atoms with Crippen molar-refractivity contribution < 1.29 is 14.6 Å². The van der Waals surface area contributed by atoms with E-state index in [4.69, 9.17) is 9.84 Å². The number of carboxylic acid groups (broad SMARTS) is 1. The largest absolute Gasteiger partial charge is 0.481 e. The maximum Gasteiger partial charge on any atom is 0.313 e. The Labute approximate surface area is 128 Å². The van der Waals surface area contributed by atoms with E-state index in [-0.39, 0.29) is 11.3 Å². The predicted octanol–water partition coefficient (Wildman–Crippen LogP) is 0.603. The molecule has 3 rings (SSSR count). The Morgan fingerprint density at radius 2 is 2.24 bits per heavy atom. The first-order valence-electron chi connectivity index (χ1n) is 6.34. The van der Waals surface area contributed by atoms with Crippen molar-refractivity contribution in [2.75, 3.05) is 37.1 Å². The van der Waals surface area contributed by atoms with Gasteiger partial charge in [0.2, 0.25) is 0 Å². The molecule has 7 nitrogen and oxygen atoms in total. The van der Waals surface area contributed by atoms with Crippen LogP contribution in [0.15, 0.2) is 21.4 Å². The number of rotatable bonds is 4. The third-order valence-corrected chi connectivity index (χ3v) is 4.76. The van der Waals surface area contributed by atoms with E-state index < -0.39 is 5.97 Å². The van der Waals surface area contributed by atoms with Crippen molar-refractivity contribution in [3.8, 4) is 0 Å². The zero-order valence-corrected chi connectivity index (χ0v) is 12.7. The van der Waals surface area contributed by atoms with Gasteiger partial charge in [0.05, 0.1) is 37.4 Å². The van der Waals surface area contributed by atoms with E-state index in [0.29, 0.717) is 41.7 Å². The van der Waals surface area contributed by atoms with Gasteiger partial charge in [-0.3, -0.25) is 9.59 Å². The number of carbonyl (C=O) groups is 1. The Morgan fingerprint density at radius 3 is 2.95 bits per heavy atom. The van der Waals surface area contributed by atoms with Gasteiger partial charge in [0, 0.05) is 0 Å². The molecule has 0 spiro atoms. The molecule has 0 atom stereocenters. The number of thioether (sulfide) groups is 1. The average molecular weight is 327 g/mol. The number of nitrogens with zero attached hydrogens (tertiary/aromatic N) is 3. The lowest BCUT2D eigenvalue weighted by Gasteiger charge is -2.31. The summed E-state index contributed by atoms with van der Waals surface area (Å²) < 4.78 is 6.79. The van der Waals surface area contributed by atoms with Crippen LogP contribution in [-0.2, 0) is 9.53 Å². The van der Waals surface area contributed by atoms with E-state index in [0.717, 1.165) is 11.8 Å². The summed E-state index contributed by atoms with van der Waals surface area (Å²) in [6, 6.07) is 1.75. The minimum absolute atomic E-state index is 0.131. The van der Waals surface area contributed by atoms with Crippen LogP contribution in [0.4, 0.5) is 0 Å². The van der Waals surface area contributed by atoms with E-state index >= 15 is 0 Å². The smallest absolute Gasteiger partial charge is 0.313 e. The van der Waals surface area contributed by atoms with Gasteiger partial charge in [-0.25, -0.2) is 4.98 Å². The lowest BCUT2D eigenvalue weighted by molar-refractivity contribution is -0.133. The van der Waals surface area contributed by atoms with Gasteiger partial charge in [-0.05, 0) is 11.4 Å². The fourth-order valence-corrected chi connectivity index (χ4v) is 3.65. The van der Waals surface area contributed by atoms with Gasteiger partial charge in [0.1, 0.15) is 4.83 Å². The Bertz CT molecular complexity index is 721. The summed E-state index contributed by atoms with van der Waals surface area (Å²) in [5.74, 6) is -1.07. The Balaban J connectivity index is 2.08. The molecule has 2 aromatic heterocycles. The third-order valence-electron chi connectivity index (χ3n) is 3.04. The molecule has 0 radical (unpaired) electrons. The van der Waals surface area contributed by atoms with Crippen LogP contribution in [0.2, 0.25) is 0 Å². The lowest BCUT2D eigenvalue weighted by Crippen LogP contribution is -2.49. The van der Waals surface area contributed by atoms with Crippen LogP contribution in [0.3, 0.4) is 0 Å². The molecule has 3 heterocycles. The zero-order chi connectivity index (χ0) is 14.8. The summed E-state index contributed by atoms with van der Waals surface area (Å²) in [7, 11) is 0. The number of hydrogen-bond donors (Lipinski definition) is 1. The normalized spacial score (nSPS) is 15.5. The van der Waals surface area contributed by atoms with Crippen molar-refractivity contribution in [1.29, 1.82) is 0 Å². The average Bonchev–Trinajstić information content (AvgIpc) is 2.95. The second-order valence-corrected chi connectivity index (χ2v) is 6.24. The van der Waals surface area contributed by atoms with Crippen LogP contribution in [-0.4, -0.2) is 52.8 Å². The fraction of sp³-hybridized carbons (Fsp3) is 0.417. The van der Waals surface area contributed by atoms with Crippen molar-refractivity contribution in [2.45, 2.75) is 5.16 Å². The number of ether oxygens (including phenoxy) is 1. The van der Waals surface area contributed by atoms with Crippen LogP contribution >= 0.6 is 23.1 Å². The minimum Gasteiger partial charge on any atom is -0.481 e. The Hall–Kier alpha value is -1.58. The molecule has 0 amide bonds. The molecule has 9 heteroatoms. The van der Waals surface area contributed by atoms with Crippen LogP contribution in [0.1, 0.15) is 0 Å². The zero-order valence-electron chi connectivity index (χ0n) is 11.0. The van der Waals surface area contributed by atoms with Crippen LogP contribution < -0.4 is 10.6 Å². The summed E-state index contributed by atoms with van der Waals surface area (Å²) in [5.41, 5.74) is -0.156. The molecule has 1 fully saturated rings. The topological polar surface area (TPSA) is 84.7 Å². The molecule has 112 valence electrons. The highest BCUT2D eigenvalue weighted by atomic mass is 32.2. The maximum atomic E-state index is 12.6. The summed E-state index contributed by atoms with van der Waals surface area (Å²) in [6.45, 7) is 2.24. The molecule has 21 heavy (non-hydrogen) atoms. The summed E-state index contributed by atoms with van der Waals surface area (Å²) in [4.78, 5) is 28.5. The quantitative estimate of drug-likeness (QED) is 0.650. The van der Waals surface area contributed by atoms with Gasteiger partial charge in [-0.1, -0.05) is 11.8 Å². The van der Waals surface area contributed by atoms with Gasteiger partial charge in [0.15, 0.2) is 5.16 Å². The van der Waals surface area contributed by atoms with Gasteiger partial charge in [-0.15, -0.1) is 11.3 Å². The predicted molar refractivity (Wildman–Crippen MR) is 81.0 cm³/mol. The number of hydrogen-bond acceptors (Lipinski definition) is 7. The van der Waals surface area contributed by atoms with Crippen LogP contribution in [0.25, 0.3) is 10.2 Å². The number of fused-ring (bicyclic) bond motifs is 1. The molecule has 2 aromatic rings. The molecule has 0 bridgehead atoms. The summed E-state index contributed by atoms with van der Waals surface area (Å²) in [5, 5.41) is 13.5. The van der Waals surface area contributed by atoms with Gasteiger partial charge >= 0.3 is 5.97 Å². The van der Waals surface area contributed by atoms with Crippen molar-refractivity contribution >= 4 is 39.3 Å². The van der Waals surface area contributed by atoms with Gasteiger partial charge < -0.3 is 14.9 Å². The number of aliphatic carboxylic acids is 1. The number of thiophene rings is 1. The SMILES string of the molecule is O=C(O)CSc1nc2sccc2c(=O)n1N1CCOCC1. The molecular weight excluding hydrogens is 314 g/mol. The standard InChI is InChI=1S/C12H13N3O4S2/c16-9(17)7-21-12-13-10-8(1-6-20-10)11(18)15(12)14-2-4-19-5-3-14/h1,6H,2-5,7H2,(H,16,17). The molecule has 0 aromatic carbocycles. The highest BCUT2D eigenvalue weighted by molar-refractivity contribution is 7.99. The van der Waals surface area contributed by atoms with Crippen molar-refractivity contribution in [3.05, 3.63) is 21.8 Å². The fourth-order valence-electron chi connectivity index (χ4n) is 2.11. The van der Waals surface area contributed by atoms with Crippen LogP contribution in [0, 0.1) is 0 Å². The van der Waals surface area contributed by atoms with E-state index in [1.165, 1.54) is 16.0 Å². The molecule has 0 unspecified atom stereocenters. The Morgan fingerprint density at radius 1 is 1.48 bits per heavy atom. The minimum atomic E-state index is -0.936. The molecule has 1 aliphatic heterocycles. The summed E-state index contributed by atoms with van der Waals surface area (Å²) >= 11 is 2.43. The molecule has 1 aliphatic rings. The first-order chi connectivity index (χ1) is 10.2. The highest BCUT2D eigenvalue weighted by Gasteiger charge is 2.20. The monoisotopic (exact) mass is 327 g/mol. The van der Waals surface area contributed by atoms with Gasteiger partial charge in [0.25, 0.3) is 5.56 Å². The van der Waals surface area contributed by atoms with E-state index in [2.05, 4.69) is 4.98 Å². The molecule has 1 N–H and O–H groups in total. The highest BCUT2D eigenvalue weighted by Crippen LogP contribution is 2.21. The van der Waals surface area contributed by atoms with Crippen molar-refractivity contribution in [1.82, 2.24) is 9.66 Å². The first-order valence-corrected chi connectivity index (χ1v) is 8.21. The summed E-state index contributed by atoms with van der Waals surface area (Å²) in [6.07, 6.45) is 0. The third kappa shape index (κ3) is 2.89. The van der Waals surface area contributed by atoms with E-state index in [1.54, 1.807) is 6.07 Å². The van der Waals surface area contributed by atoms with Gasteiger partial charge in [-0.2, -0.15) is 4.68 Å². The lowest BCUT2D eigenvalue weighted by atomic mass is 10.4. The molecule has 1 saturated heterocycles. The number of aromatic nitrogens is 2. The van der Waals surface area contributed by atoms with E-state index in [9.17, 15) is 9.59 Å². The van der Waals surface area contributed by atoms with Crippen LogP contribution in [0.5, 0.6) is 0 Å². The van der Waals surface area contributed by atoms with E-state index in [1.807, 2.05) is 10.4 Å². The maximum absolute atomic E-state index is 12.6. The first kappa shape index (κ1) is 14.4.